The molecule has 0 spiro atoms. The van der Waals surface area contributed by atoms with Gasteiger partial charge in [-0.2, -0.15) is 5.26 Å². The molecule has 1 aliphatic carbocycles. The van der Waals surface area contributed by atoms with Gasteiger partial charge in [-0.15, -0.1) is 0 Å². The normalized spacial score (nSPS) is 14.8. The van der Waals surface area contributed by atoms with Crippen LogP contribution in [0.5, 0.6) is 0 Å². The number of hydrogen-bond donors (Lipinski definition) is 1. The third-order valence-corrected chi connectivity index (χ3v) is 5.21. The third kappa shape index (κ3) is 3.49. The smallest absolute Gasteiger partial charge is 0.227 e. The van der Waals surface area contributed by atoms with Crippen molar-refractivity contribution in [2.24, 2.45) is 5.92 Å². The van der Waals surface area contributed by atoms with E-state index in [0.717, 1.165) is 18.4 Å². The van der Waals surface area contributed by atoms with Gasteiger partial charge >= 0.3 is 0 Å². The van der Waals surface area contributed by atoms with E-state index in [-0.39, 0.29) is 11.8 Å². The molecule has 0 saturated heterocycles. The van der Waals surface area contributed by atoms with E-state index in [1.807, 2.05) is 19.1 Å². The minimum atomic E-state index is -1.42. The van der Waals surface area contributed by atoms with Gasteiger partial charge in [-0.1, -0.05) is 17.7 Å². The van der Waals surface area contributed by atoms with Crippen LogP contribution < -0.4 is 5.32 Å². The number of amides is 1. The first-order valence-electron chi connectivity index (χ1n) is 7.42. The summed E-state index contributed by atoms with van der Waals surface area (Å²) in [5.74, 6) is 0.0863. The maximum atomic E-state index is 12.7. The number of nitrogens with zero attached hydrogens (tertiary/aromatic N) is 1. The van der Waals surface area contributed by atoms with E-state index >= 15 is 0 Å². The van der Waals surface area contributed by atoms with Gasteiger partial charge in [-0.05, 0) is 50.1 Å². The zero-order valence-electron chi connectivity index (χ0n) is 12.7. The van der Waals surface area contributed by atoms with Crippen molar-refractivity contribution in [3.63, 3.8) is 0 Å². The summed E-state index contributed by atoms with van der Waals surface area (Å²) >= 11 is 0. The lowest BCUT2D eigenvalue weighted by molar-refractivity contribution is -0.117. The lowest BCUT2D eigenvalue weighted by atomic mass is 10.2. The van der Waals surface area contributed by atoms with Crippen molar-refractivity contribution >= 4 is 22.4 Å². The molecule has 3 rings (SSSR count). The highest BCUT2D eigenvalue weighted by atomic mass is 32.2. The number of nitriles is 1. The van der Waals surface area contributed by atoms with Crippen LogP contribution in [-0.4, -0.2) is 10.1 Å². The topological polar surface area (TPSA) is 70.0 Å². The number of carbonyl (C=O) groups excluding carboxylic acids is 1. The molecule has 0 aliphatic heterocycles. The Morgan fingerprint density at radius 3 is 2.52 bits per heavy atom. The van der Waals surface area contributed by atoms with Gasteiger partial charge in [0.1, 0.15) is 6.07 Å². The van der Waals surface area contributed by atoms with E-state index < -0.39 is 10.8 Å². The van der Waals surface area contributed by atoms with E-state index in [2.05, 4.69) is 11.4 Å². The molecular weight excluding hydrogens is 308 g/mol. The zero-order chi connectivity index (χ0) is 16.4. The van der Waals surface area contributed by atoms with E-state index in [9.17, 15) is 14.3 Å². The number of carbonyl (C=O) groups is 1. The Morgan fingerprint density at radius 1 is 1.22 bits per heavy atom. The molecule has 0 radical (unpaired) electrons. The summed E-state index contributed by atoms with van der Waals surface area (Å²) in [6.07, 6.45) is 1.85. The molecule has 116 valence electrons. The summed E-state index contributed by atoms with van der Waals surface area (Å²) in [4.78, 5) is 12.9. The Kier molecular flexibility index (Phi) is 4.26. The fourth-order valence-electron chi connectivity index (χ4n) is 2.24. The Balaban J connectivity index is 1.87. The summed E-state index contributed by atoms with van der Waals surface area (Å²) in [6.45, 7) is 1.96. The predicted molar refractivity (Wildman–Crippen MR) is 88.4 cm³/mol. The molecule has 1 aliphatic rings. The molecule has 23 heavy (non-hydrogen) atoms. The molecule has 0 unspecified atom stereocenters. The van der Waals surface area contributed by atoms with Crippen molar-refractivity contribution in [2.45, 2.75) is 29.6 Å². The van der Waals surface area contributed by atoms with Crippen LogP contribution in [0.25, 0.3) is 0 Å². The summed E-state index contributed by atoms with van der Waals surface area (Å²) in [5.41, 5.74) is 1.98. The van der Waals surface area contributed by atoms with Gasteiger partial charge in [-0.25, -0.2) is 4.21 Å². The number of nitrogens with one attached hydrogen (secondary N) is 1. The molecule has 0 heterocycles. The van der Waals surface area contributed by atoms with Gasteiger partial charge in [0.05, 0.1) is 21.3 Å². The van der Waals surface area contributed by atoms with E-state index in [1.165, 1.54) is 0 Å². The van der Waals surface area contributed by atoms with Gasteiger partial charge in [0.15, 0.2) is 0 Å². The molecule has 5 heteroatoms. The summed E-state index contributed by atoms with van der Waals surface area (Å²) < 4.78 is 12.7. The third-order valence-electron chi connectivity index (χ3n) is 3.75. The number of aryl methyl sites for hydroxylation is 1. The highest BCUT2D eigenvalue weighted by Gasteiger charge is 2.29. The fourth-order valence-corrected chi connectivity index (χ4v) is 3.37. The predicted octanol–water partition coefficient (Wildman–Crippen LogP) is 3.38. The van der Waals surface area contributed by atoms with Crippen molar-refractivity contribution in [1.82, 2.24) is 0 Å². The van der Waals surface area contributed by atoms with Gasteiger partial charge in [0.2, 0.25) is 5.91 Å². The second-order valence-corrected chi connectivity index (χ2v) is 7.12. The van der Waals surface area contributed by atoms with Crippen LogP contribution >= 0.6 is 0 Å². The quantitative estimate of drug-likeness (QED) is 0.937. The minimum Gasteiger partial charge on any atom is -0.326 e. The lowest BCUT2D eigenvalue weighted by Crippen LogP contribution is -2.13. The molecule has 1 fully saturated rings. The first-order chi connectivity index (χ1) is 11.1. The first-order valence-corrected chi connectivity index (χ1v) is 8.57. The van der Waals surface area contributed by atoms with E-state index in [4.69, 9.17) is 0 Å². The Bertz CT molecular complexity index is 818. The van der Waals surface area contributed by atoms with Crippen molar-refractivity contribution in [1.29, 1.82) is 5.26 Å². The first kappa shape index (κ1) is 15.4. The van der Waals surface area contributed by atoms with Crippen LogP contribution in [0.1, 0.15) is 24.0 Å². The summed E-state index contributed by atoms with van der Waals surface area (Å²) in [5, 5.41) is 12.1. The van der Waals surface area contributed by atoms with Crippen LogP contribution in [0.15, 0.2) is 52.3 Å². The maximum absolute atomic E-state index is 12.7. The fraction of sp³-hybridized carbons (Fsp3) is 0.222. The van der Waals surface area contributed by atoms with Crippen molar-refractivity contribution in [3.8, 4) is 6.07 Å². The molecule has 2 aromatic rings. The molecule has 2 aromatic carbocycles. The summed E-state index contributed by atoms with van der Waals surface area (Å²) in [6, 6.07) is 14.4. The highest BCUT2D eigenvalue weighted by Crippen LogP contribution is 2.31. The van der Waals surface area contributed by atoms with Crippen molar-refractivity contribution in [2.75, 3.05) is 5.32 Å². The average molecular weight is 324 g/mol. The monoisotopic (exact) mass is 324 g/mol. The molecule has 1 N–H and O–H groups in total. The number of anilines is 1. The largest absolute Gasteiger partial charge is 0.326 e. The highest BCUT2D eigenvalue weighted by molar-refractivity contribution is 7.85. The van der Waals surface area contributed by atoms with Gasteiger partial charge in [-0.3, -0.25) is 4.79 Å². The molecule has 1 atom stereocenters. The van der Waals surface area contributed by atoms with Crippen LogP contribution in [0.3, 0.4) is 0 Å². The van der Waals surface area contributed by atoms with Crippen molar-refractivity contribution < 1.29 is 9.00 Å². The Labute approximate surface area is 137 Å². The SMILES string of the molecule is Cc1ccc([S@@](=O)c2ccc(NC(=O)C3CC3)cc2C#N)cc1. The number of benzene rings is 2. The Hall–Kier alpha value is -2.45. The van der Waals surface area contributed by atoms with Gasteiger partial charge < -0.3 is 5.32 Å². The summed E-state index contributed by atoms with van der Waals surface area (Å²) in [7, 11) is -1.42. The molecule has 4 nitrogen and oxygen atoms in total. The second kappa shape index (κ2) is 6.35. The molecule has 0 aromatic heterocycles. The van der Waals surface area contributed by atoms with E-state index in [0.29, 0.717) is 21.0 Å². The lowest BCUT2D eigenvalue weighted by Gasteiger charge is -2.09. The zero-order valence-corrected chi connectivity index (χ0v) is 13.5. The van der Waals surface area contributed by atoms with Crippen LogP contribution in [0.2, 0.25) is 0 Å². The molecule has 1 amide bonds. The number of rotatable bonds is 4. The molecular formula is C18H16N2O2S. The van der Waals surface area contributed by atoms with Crippen LogP contribution in [0, 0.1) is 24.2 Å². The standard InChI is InChI=1S/C18H16N2O2S/c1-12-2-7-16(8-3-12)23(22)17-9-6-15(10-14(17)11-19)20-18(21)13-4-5-13/h2-3,6-10,13H,4-5H2,1H3,(H,20,21)/t23-/m1/s1. The van der Waals surface area contributed by atoms with Crippen LogP contribution in [0.4, 0.5) is 5.69 Å². The molecule has 0 bridgehead atoms. The average Bonchev–Trinajstić information content (AvgIpc) is 3.40. The van der Waals surface area contributed by atoms with Gasteiger partial charge in [0, 0.05) is 16.5 Å². The minimum absolute atomic E-state index is 0.0127. The van der Waals surface area contributed by atoms with Crippen molar-refractivity contribution in [3.05, 3.63) is 53.6 Å². The Morgan fingerprint density at radius 2 is 1.91 bits per heavy atom. The van der Waals surface area contributed by atoms with E-state index in [1.54, 1.807) is 30.3 Å². The maximum Gasteiger partial charge on any atom is 0.227 e. The van der Waals surface area contributed by atoms with Crippen LogP contribution in [-0.2, 0) is 15.6 Å². The second-order valence-electron chi connectivity index (χ2n) is 5.67. The van der Waals surface area contributed by atoms with Gasteiger partial charge in [0.25, 0.3) is 0 Å². The molecule has 1 saturated carbocycles. The number of hydrogen-bond acceptors (Lipinski definition) is 3.